The molecule has 0 aliphatic carbocycles. The summed E-state index contributed by atoms with van der Waals surface area (Å²) in [5, 5.41) is 5.34. The fourth-order valence-corrected chi connectivity index (χ4v) is 4.62. The number of hydrogen-bond acceptors (Lipinski definition) is 6. The third-order valence-electron chi connectivity index (χ3n) is 4.80. The average Bonchev–Trinajstić information content (AvgIpc) is 3.28. The van der Waals surface area contributed by atoms with Crippen molar-refractivity contribution in [2.24, 2.45) is 0 Å². The van der Waals surface area contributed by atoms with Gasteiger partial charge in [0.05, 0.1) is 30.8 Å². The SMILES string of the molecule is C[C@@H](NC(=O)c1ccoc1)C(=O)NCc1ccccc1CS(=O)(=O)N1CCOCC1. The van der Waals surface area contributed by atoms with Crippen LogP contribution < -0.4 is 10.6 Å². The highest BCUT2D eigenvalue weighted by molar-refractivity contribution is 7.88. The van der Waals surface area contributed by atoms with Gasteiger partial charge in [-0.05, 0) is 24.1 Å². The van der Waals surface area contributed by atoms with E-state index in [1.807, 2.05) is 0 Å². The van der Waals surface area contributed by atoms with Crippen molar-refractivity contribution in [2.45, 2.75) is 25.3 Å². The van der Waals surface area contributed by atoms with E-state index in [0.29, 0.717) is 43.0 Å². The van der Waals surface area contributed by atoms with Crippen LogP contribution in [0, 0.1) is 0 Å². The second kappa shape index (κ2) is 9.88. The van der Waals surface area contributed by atoms with Gasteiger partial charge < -0.3 is 19.8 Å². The van der Waals surface area contributed by atoms with E-state index in [9.17, 15) is 18.0 Å². The zero-order valence-electron chi connectivity index (χ0n) is 16.7. The second-order valence-corrected chi connectivity index (χ2v) is 8.93. The number of carbonyl (C=O) groups is 2. The first-order chi connectivity index (χ1) is 14.4. The average molecular weight is 436 g/mol. The molecular weight excluding hydrogens is 410 g/mol. The molecule has 1 fully saturated rings. The molecule has 1 aliphatic heterocycles. The van der Waals surface area contributed by atoms with Crippen molar-refractivity contribution in [1.29, 1.82) is 0 Å². The van der Waals surface area contributed by atoms with Gasteiger partial charge in [-0.2, -0.15) is 4.31 Å². The topological polar surface area (TPSA) is 118 Å². The number of furan rings is 1. The first-order valence-electron chi connectivity index (χ1n) is 9.60. The molecule has 1 aliphatic rings. The molecule has 2 N–H and O–H groups in total. The first-order valence-corrected chi connectivity index (χ1v) is 11.2. The Morgan fingerprint density at radius 2 is 1.83 bits per heavy atom. The minimum Gasteiger partial charge on any atom is -0.472 e. The molecule has 2 aromatic rings. The van der Waals surface area contributed by atoms with Gasteiger partial charge in [-0.3, -0.25) is 9.59 Å². The predicted octanol–water partition coefficient (Wildman–Crippen LogP) is 0.876. The molecule has 30 heavy (non-hydrogen) atoms. The van der Waals surface area contributed by atoms with Crippen molar-refractivity contribution < 1.29 is 27.2 Å². The lowest BCUT2D eigenvalue weighted by molar-refractivity contribution is -0.122. The van der Waals surface area contributed by atoms with Gasteiger partial charge in [-0.15, -0.1) is 0 Å². The lowest BCUT2D eigenvalue weighted by atomic mass is 10.1. The van der Waals surface area contributed by atoms with E-state index in [4.69, 9.17) is 9.15 Å². The quantitative estimate of drug-likeness (QED) is 0.636. The minimum atomic E-state index is -3.48. The van der Waals surface area contributed by atoms with Crippen LogP contribution in [0.3, 0.4) is 0 Å². The molecule has 1 aromatic carbocycles. The molecule has 10 heteroatoms. The molecule has 0 spiro atoms. The number of amides is 2. The number of benzene rings is 1. The van der Waals surface area contributed by atoms with Crippen LogP contribution in [-0.4, -0.2) is 56.9 Å². The smallest absolute Gasteiger partial charge is 0.255 e. The molecule has 2 amide bonds. The molecule has 9 nitrogen and oxygen atoms in total. The number of hydrogen-bond donors (Lipinski definition) is 2. The van der Waals surface area contributed by atoms with Crippen molar-refractivity contribution in [2.75, 3.05) is 26.3 Å². The highest BCUT2D eigenvalue weighted by Gasteiger charge is 2.25. The van der Waals surface area contributed by atoms with E-state index in [0.717, 1.165) is 0 Å². The number of morpholine rings is 1. The van der Waals surface area contributed by atoms with Crippen LogP contribution in [0.2, 0.25) is 0 Å². The summed E-state index contributed by atoms with van der Waals surface area (Å²) >= 11 is 0. The van der Waals surface area contributed by atoms with E-state index in [-0.39, 0.29) is 18.2 Å². The largest absolute Gasteiger partial charge is 0.472 e. The number of ether oxygens (including phenoxy) is 1. The second-order valence-electron chi connectivity index (χ2n) is 6.96. The van der Waals surface area contributed by atoms with Crippen molar-refractivity contribution in [3.05, 3.63) is 59.5 Å². The van der Waals surface area contributed by atoms with Crippen LogP contribution in [0.1, 0.15) is 28.4 Å². The summed E-state index contributed by atoms with van der Waals surface area (Å²) in [4.78, 5) is 24.4. The zero-order chi connectivity index (χ0) is 21.6. The predicted molar refractivity (Wildman–Crippen MR) is 109 cm³/mol. The van der Waals surface area contributed by atoms with Crippen LogP contribution in [-0.2, 0) is 31.9 Å². The molecule has 0 bridgehead atoms. The van der Waals surface area contributed by atoms with Gasteiger partial charge in [-0.25, -0.2) is 8.42 Å². The van der Waals surface area contributed by atoms with E-state index in [1.165, 1.54) is 22.9 Å². The van der Waals surface area contributed by atoms with Crippen LogP contribution in [0.5, 0.6) is 0 Å². The maximum atomic E-state index is 12.7. The molecule has 1 atom stereocenters. The lowest BCUT2D eigenvalue weighted by Crippen LogP contribution is -2.44. The normalized spacial score (nSPS) is 16.0. The monoisotopic (exact) mass is 435 g/mol. The Labute approximate surface area is 175 Å². The number of carbonyl (C=O) groups excluding carboxylic acids is 2. The third kappa shape index (κ3) is 5.68. The zero-order valence-corrected chi connectivity index (χ0v) is 17.5. The van der Waals surface area contributed by atoms with Gasteiger partial charge >= 0.3 is 0 Å². The highest BCUT2D eigenvalue weighted by atomic mass is 32.2. The van der Waals surface area contributed by atoms with Crippen LogP contribution in [0.4, 0.5) is 0 Å². The first kappa shape index (κ1) is 22.0. The van der Waals surface area contributed by atoms with Gasteiger partial charge in [0.2, 0.25) is 15.9 Å². The van der Waals surface area contributed by atoms with Gasteiger partial charge in [0.1, 0.15) is 12.3 Å². The maximum Gasteiger partial charge on any atom is 0.255 e. The molecule has 0 radical (unpaired) electrons. The van der Waals surface area contributed by atoms with Gasteiger partial charge in [0.25, 0.3) is 5.91 Å². The van der Waals surface area contributed by atoms with Gasteiger partial charge in [-0.1, -0.05) is 24.3 Å². The Morgan fingerprint density at radius 3 is 2.50 bits per heavy atom. The molecule has 2 heterocycles. The third-order valence-corrected chi connectivity index (χ3v) is 6.62. The number of sulfonamides is 1. The lowest BCUT2D eigenvalue weighted by Gasteiger charge is -2.26. The summed E-state index contributed by atoms with van der Waals surface area (Å²) in [6, 6.07) is 7.81. The Morgan fingerprint density at radius 1 is 1.13 bits per heavy atom. The molecule has 1 saturated heterocycles. The summed E-state index contributed by atoms with van der Waals surface area (Å²) in [5.74, 6) is -0.938. The Kier molecular flexibility index (Phi) is 7.24. The molecular formula is C20H25N3O6S. The number of nitrogens with zero attached hydrogens (tertiary/aromatic N) is 1. The Hall–Kier alpha value is -2.69. The summed E-state index contributed by atoms with van der Waals surface area (Å²) in [6.45, 7) is 3.19. The Balaban J connectivity index is 1.59. The highest BCUT2D eigenvalue weighted by Crippen LogP contribution is 2.16. The number of rotatable bonds is 8. The summed E-state index contributed by atoms with van der Waals surface area (Å²) in [6.07, 6.45) is 2.67. The molecule has 0 saturated carbocycles. The van der Waals surface area contributed by atoms with E-state index < -0.39 is 22.0 Å². The maximum absolute atomic E-state index is 12.7. The van der Waals surface area contributed by atoms with E-state index in [1.54, 1.807) is 31.2 Å². The van der Waals surface area contributed by atoms with Crippen LogP contribution in [0.15, 0.2) is 47.3 Å². The Bertz CT molecular complexity index is 968. The summed E-state index contributed by atoms with van der Waals surface area (Å²) in [5.41, 5.74) is 1.66. The van der Waals surface area contributed by atoms with E-state index in [2.05, 4.69) is 10.6 Å². The van der Waals surface area contributed by atoms with Crippen molar-refractivity contribution in [1.82, 2.24) is 14.9 Å². The molecule has 3 rings (SSSR count). The molecule has 0 unspecified atom stereocenters. The van der Waals surface area contributed by atoms with Crippen molar-refractivity contribution in [3.63, 3.8) is 0 Å². The summed E-state index contributed by atoms with van der Waals surface area (Å²) < 4.78 is 36.9. The van der Waals surface area contributed by atoms with Crippen LogP contribution >= 0.6 is 0 Å². The minimum absolute atomic E-state index is 0.147. The molecule has 1 aromatic heterocycles. The fourth-order valence-electron chi connectivity index (χ4n) is 3.06. The van der Waals surface area contributed by atoms with Gasteiger partial charge in [0.15, 0.2) is 0 Å². The summed E-state index contributed by atoms with van der Waals surface area (Å²) in [7, 11) is -3.48. The van der Waals surface area contributed by atoms with Crippen molar-refractivity contribution in [3.8, 4) is 0 Å². The van der Waals surface area contributed by atoms with Gasteiger partial charge in [0, 0.05) is 19.6 Å². The number of nitrogens with one attached hydrogen (secondary N) is 2. The molecule has 162 valence electrons. The van der Waals surface area contributed by atoms with Crippen LogP contribution in [0.25, 0.3) is 0 Å². The van der Waals surface area contributed by atoms with E-state index >= 15 is 0 Å². The standard InChI is InChI=1S/C20H25N3O6S/c1-15(22-20(25)17-6-9-29-13-17)19(24)21-12-16-4-2-3-5-18(16)14-30(26,27)23-7-10-28-11-8-23/h2-6,9,13,15H,7-8,10-12,14H2,1H3,(H,21,24)(H,22,25)/t15-/m1/s1. The fraction of sp³-hybridized carbons (Fsp3) is 0.400. The van der Waals surface area contributed by atoms with Crippen molar-refractivity contribution >= 4 is 21.8 Å².